The lowest BCUT2D eigenvalue weighted by molar-refractivity contribution is 0.326. The average molecular weight is 208 g/mol. The lowest BCUT2D eigenvalue weighted by Gasteiger charge is -2.04. The maximum Gasteiger partial charge on any atom is 0.218 e. The fraction of sp³-hybridized carbons (Fsp3) is 0.400. The lowest BCUT2D eigenvalue weighted by atomic mass is 10.4. The van der Waals surface area contributed by atoms with E-state index in [1.54, 1.807) is 6.07 Å². The third-order valence-electron chi connectivity index (χ3n) is 1.64. The molecule has 1 aromatic rings. The van der Waals surface area contributed by atoms with E-state index in [9.17, 15) is 0 Å². The highest BCUT2D eigenvalue weighted by Gasteiger charge is 1.96. The smallest absolute Gasteiger partial charge is 0.218 e. The molecule has 0 aliphatic carbocycles. The highest BCUT2D eigenvalue weighted by molar-refractivity contribution is 5.37. The van der Waals surface area contributed by atoms with Crippen molar-refractivity contribution in [2.45, 2.75) is 6.92 Å². The van der Waals surface area contributed by atoms with E-state index in [0.717, 1.165) is 5.82 Å². The predicted octanol–water partition coefficient (Wildman–Crippen LogP) is 0.802. The molecule has 5 nitrogen and oxygen atoms in total. The lowest BCUT2D eigenvalue weighted by Crippen LogP contribution is -2.03. The van der Waals surface area contributed by atoms with E-state index in [-0.39, 0.29) is 0 Å². The van der Waals surface area contributed by atoms with Gasteiger partial charge in [0.1, 0.15) is 12.1 Å². The normalized spacial score (nSPS) is 10.5. The van der Waals surface area contributed by atoms with Gasteiger partial charge in [0.05, 0.1) is 6.61 Å². The Hall–Kier alpha value is -1.62. The minimum absolute atomic E-state index is 0.551. The third kappa shape index (κ3) is 4.42. The van der Waals surface area contributed by atoms with Crippen molar-refractivity contribution in [1.29, 1.82) is 0 Å². The first-order valence-electron chi connectivity index (χ1n) is 4.90. The second-order valence-electron chi connectivity index (χ2n) is 2.76. The van der Waals surface area contributed by atoms with Crippen molar-refractivity contribution in [3.8, 4) is 5.88 Å². The summed E-state index contributed by atoms with van der Waals surface area (Å²) in [6, 6.07) is 1.76. The van der Waals surface area contributed by atoms with Gasteiger partial charge in [-0.3, -0.25) is 0 Å². The van der Waals surface area contributed by atoms with Crippen LogP contribution < -0.4 is 15.8 Å². The van der Waals surface area contributed by atoms with Gasteiger partial charge in [0.25, 0.3) is 0 Å². The molecule has 3 N–H and O–H groups in total. The Labute approximate surface area is 89.4 Å². The molecule has 0 atom stereocenters. The van der Waals surface area contributed by atoms with E-state index in [2.05, 4.69) is 15.3 Å². The summed E-state index contributed by atoms with van der Waals surface area (Å²) in [5, 5.41) is 3.10. The average Bonchev–Trinajstić information content (AvgIpc) is 2.26. The van der Waals surface area contributed by atoms with Crippen LogP contribution in [0.2, 0.25) is 0 Å². The van der Waals surface area contributed by atoms with Gasteiger partial charge in [-0.1, -0.05) is 12.2 Å². The van der Waals surface area contributed by atoms with Gasteiger partial charge in [-0.2, -0.15) is 0 Å². The number of anilines is 1. The van der Waals surface area contributed by atoms with Crippen molar-refractivity contribution in [1.82, 2.24) is 9.97 Å². The van der Waals surface area contributed by atoms with Gasteiger partial charge < -0.3 is 15.8 Å². The Bertz CT molecular complexity index is 314. The van der Waals surface area contributed by atoms with Gasteiger partial charge in [-0.25, -0.2) is 9.97 Å². The van der Waals surface area contributed by atoms with Gasteiger partial charge in [-0.15, -0.1) is 0 Å². The van der Waals surface area contributed by atoms with Crippen molar-refractivity contribution in [2.24, 2.45) is 5.73 Å². The van der Waals surface area contributed by atoms with E-state index in [4.69, 9.17) is 10.5 Å². The molecule has 82 valence electrons. The Morgan fingerprint density at radius 2 is 2.33 bits per heavy atom. The summed E-state index contributed by atoms with van der Waals surface area (Å²) in [6.45, 7) is 3.76. The Kier molecular flexibility index (Phi) is 5.18. The van der Waals surface area contributed by atoms with Crippen molar-refractivity contribution in [3.05, 3.63) is 24.5 Å². The van der Waals surface area contributed by atoms with Gasteiger partial charge in [-0.05, 0) is 6.92 Å². The number of nitrogens with two attached hydrogens (primary N) is 1. The summed E-state index contributed by atoms with van der Waals surface area (Å²) >= 11 is 0. The monoisotopic (exact) mass is 208 g/mol. The molecule has 0 unspecified atom stereocenters. The van der Waals surface area contributed by atoms with Crippen molar-refractivity contribution in [2.75, 3.05) is 25.0 Å². The summed E-state index contributed by atoms with van der Waals surface area (Å²) in [4.78, 5) is 8.01. The molecule has 1 rings (SSSR count). The number of hydrogen-bond acceptors (Lipinski definition) is 5. The number of hydrogen-bond donors (Lipinski definition) is 2. The third-order valence-corrected chi connectivity index (χ3v) is 1.64. The number of rotatable bonds is 6. The molecule has 1 aromatic heterocycles. The van der Waals surface area contributed by atoms with Gasteiger partial charge in [0.15, 0.2) is 0 Å². The summed E-state index contributed by atoms with van der Waals surface area (Å²) in [6.07, 6.45) is 5.31. The minimum Gasteiger partial charge on any atom is -0.478 e. The number of nitrogens with zero attached hydrogens (tertiary/aromatic N) is 2. The topological polar surface area (TPSA) is 73.1 Å². The standard InChI is InChI=1S/C10H16N4O/c1-2-15-10-7-9(13-8-14-10)12-6-4-3-5-11/h3-4,7-8H,2,5-6,11H2,1H3,(H,12,13,14)/b4-3+. The number of nitrogens with one attached hydrogen (secondary N) is 1. The van der Waals surface area contributed by atoms with Crippen LogP contribution in [0.4, 0.5) is 5.82 Å². The molecule has 0 aromatic carbocycles. The largest absolute Gasteiger partial charge is 0.478 e. The second kappa shape index (κ2) is 6.78. The molecular formula is C10H16N4O. The molecule has 0 aliphatic heterocycles. The molecule has 0 amide bonds. The fourth-order valence-corrected chi connectivity index (χ4v) is 1.01. The zero-order valence-electron chi connectivity index (χ0n) is 8.81. The summed E-state index contributed by atoms with van der Waals surface area (Å²) in [7, 11) is 0. The number of aromatic nitrogens is 2. The minimum atomic E-state index is 0.551. The van der Waals surface area contributed by atoms with Crippen LogP contribution in [0, 0.1) is 0 Å². The SMILES string of the molecule is CCOc1cc(NC/C=C/CN)ncn1. The molecule has 0 fully saturated rings. The van der Waals surface area contributed by atoms with Crippen molar-refractivity contribution < 1.29 is 4.74 Å². The Morgan fingerprint density at radius 1 is 1.47 bits per heavy atom. The fourth-order valence-electron chi connectivity index (χ4n) is 1.01. The van der Waals surface area contributed by atoms with Crippen LogP contribution in [-0.4, -0.2) is 29.7 Å². The first-order valence-corrected chi connectivity index (χ1v) is 4.90. The van der Waals surface area contributed by atoms with Crippen LogP contribution >= 0.6 is 0 Å². The van der Waals surface area contributed by atoms with Crippen LogP contribution in [0.5, 0.6) is 5.88 Å². The second-order valence-corrected chi connectivity index (χ2v) is 2.76. The summed E-state index contributed by atoms with van der Waals surface area (Å²) in [5.41, 5.74) is 5.31. The quantitative estimate of drug-likeness (QED) is 0.676. The van der Waals surface area contributed by atoms with E-state index in [1.807, 2.05) is 19.1 Å². The van der Waals surface area contributed by atoms with Crippen LogP contribution in [0.1, 0.15) is 6.92 Å². The van der Waals surface area contributed by atoms with Crippen molar-refractivity contribution >= 4 is 5.82 Å². The highest BCUT2D eigenvalue weighted by atomic mass is 16.5. The molecule has 0 aliphatic rings. The zero-order valence-corrected chi connectivity index (χ0v) is 8.81. The molecule has 0 radical (unpaired) electrons. The molecule has 0 saturated carbocycles. The predicted molar refractivity (Wildman–Crippen MR) is 59.9 cm³/mol. The van der Waals surface area contributed by atoms with E-state index >= 15 is 0 Å². The van der Waals surface area contributed by atoms with Crippen LogP contribution in [0.3, 0.4) is 0 Å². The maximum atomic E-state index is 5.31. The van der Waals surface area contributed by atoms with E-state index in [1.165, 1.54) is 6.33 Å². The molecule has 15 heavy (non-hydrogen) atoms. The van der Waals surface area contributed by atoms with Crippen LogP contribution in [0.25, 0.3) is 0 Å². The van der Waals surface area contributed by atoms with Crippen LogP contribution in [-0.2, 0) is 0 Å². The molecule has 0 spiro atoms. The van der Waals surface area contributed by atoms with Crippen LogP contribution in [0.15, 0.2) is 24.5 Å². The molecule has 1 heterocycles. The molecular weight excluding hydrogens is 192 g/mol. The maximum absolute atomic E-state index is 5.31. The highest BCUT2D eigenvalue weighted by Crippen LogP contribution is 2.10. The van der Waals surface area contributed by atoms with Gasteiger partial charge >= 0.3 is 0 Å². The first-order chi connectivity index (χ1) is 7.36. The van der Waals surface area contributed by atoms with Gasteiger partial charge in [0, 0.05) is 19.2 Å². The molecule has 5 heteroatoms. The molecule has 0 bridgehead atoms. The molecule has 0 saturated heterocycles. The first kappa shape index (κ1) is 11.5. The number of ether oxygens (including phenoxy) is 1. The Morgan fingerprint density at radius 3 is 3.07 bits per heavy atom. The van der Waals surface area contributed by atoms with E-state index in [0.29, 0.717) is 25.6 Å². The zero-order chi connectivity index (χ0) is 10.9. The summed E-state index contributed by atoms with van der Waals surface area (Å²) < 4.78 is 5.24. The Balaban J connectivity index is 2.46. The van der Waals surface area contributed by atoms with Crippen molar-refractivity contribution in [3.63, 3.8) is 0 Å². The van der Waals surface area contributed by atoms with E-state index < -0.39 is 0 Å². The summed E-state index contributed by atoms with van der Waals surface area (Å²) in [5.74, 6) is 1.33. The van der Waals surface area contributed by atoms with Gasteiger partial charge in [0.2, 0.25) is 5.88 Å².